The van der Waals surface area contributed by atoms with Gasteiger partial charge in [0.05, 0.1) is 23.3 Å². The van der Waals surface area contributed by atoms with Crippen molar-refractivity contribution < 1.29 is 9.53 Å². The molecule has 2 saturated heterocycles. The molecule has 2 aliphatic rings. The number of ether oxygens (including phenoxy) is 1. The Balaban J connectivity index is 1.51. The summed E-state index contributed by atoms with van der Waals surface area (Å²) in [6, 6.07) is 13.5. The minimum atomic E-state index is -0.207. The fraction of sp³-hybridized carbons (Fsp3) is 0.333. The summed E-state index contributed by atoms with van der Waals surface area (Å²) < 4.78 is 7.59. The fourth-order valence-electron chi connectivity index (χ4n) is 4.68. The van der Waals surface area contributed by atoms with Gasteiger partial charge >= 0.3 is 0 Å². The standard InChI is InChI=1S/C27H29N5O3S2/c1-4-18(2)32-26(34)22(37-27(32)36)17-19-24(28-23-11-7-8-12-31(23)25(19)33)30-15-13-29(14-16-30)20-9-5-6-10-21(20)35-3/h5-12,17-18H,4,13-16H2,1-3H3/b22-17-/t18-/m0/s1. The Bertz CT molecular complexity index is 1450. The Morgan fingerprint density at radius 1 is 1.08 bits per heavy atom. The number of thiocarbonyl (C=S) groups is 1. The number of piperazine rings is 1. The highest BCUT2D eigenvalue weighted by Crippen LogP contribution is 2.35. The molecule has 1 atom stereocenters. The molecule has 1 aromatic carbocycles. The first kappa shape index (κ1) is 25.3. The molecule has 0 bridgehead atoms. The number of benzene rings is 1. The first-order valence-electron chi connectivity index (χ1n) is 12.3. The van der Waals surface area contributed by atoms with Crippen LogP contribution < -0.4 is 20.1 Å². The summed E-state index contributed by atoms with van der Waals surface area (Å²) in [5.74, 6) is 1.26. The zero-order valence-electron chi connectivity index (χ0n) is 21.1. The molecule has 3 aromatic rings. The molecule has 0 spiro atoms. The Morgan fingerprint density at radius 2 is 1.78 bits per heavy atom. The van der Waals surface area contributed by atoms with Gasteiger partial charge in [0.25, 0.3) is 11.5 Å². The molecule has 5 rings (SSSR count). The van der Waals surface area contributed by atoms with Gasteiger partial charge in [0, 0.05) is 38.4 Å². The highest BCUT2D eigenvalue weighted by Gasteiger charge is 2.35. The van der Waals surface area contributed by atoms with E-state index in [1.165, 1.54) is 16.2 Å². The van der Waals surface area contributed by atoms with Gasteiger partial charge in [-0.05, 0) is 43.7 Å². The summed E-state index contributed by atoms with van der Waals surface area (Å²) >= 11 is 6.75. The third kappa shape index (κ3) is 4.71. The summed E-state index contributed by atoms with van der Waals surface area (Å²) in [6.07, 6.45) is 4.18. The van der Waals surface area contributed by atoms with Crippen LogP contribution in [-0.2, 0) is 4.79 Å². The summed E-state index contributed by atoms with van der Waals surface area (Å²) in [5, 5.41) is 0. The topological polar surface area (TPSA) is 70.4 Å². The van der Waals surface area contributed by atoms with Crippen molar-refractivity contribution in [3.05, 3.63) is 69.5 Å². The van der Waals surface area contributed by atoms with Crippen molar-refractivity contribution in [3.63, 3.8) is 0 Å². The molecule has 10 heteroatoms. The van der Waals surface area contributed by atoms with Crippen LogP contribution in [0.25, 0.3) is 11.7 Å². The second-order valence-electron chi connectivity index (χ2n) is 9.04. The van der Waals surface area contributed by atoms with Crippen LogP contribution in [-0.4, -0.2) is 63.8 Å². The number of nitrogens with zero attached hydrogens (tertiary/aromatic N) is 5. The molecule has 0 unspecified atom stereocenters. The molecule has 0 N–H and O–H groups in total. The molecule has 4 heterocycles. The Morgan fingerprint density at radius 3 is 2.51 bits per heavy atom. The number of methoxy groups -OCH3 is 1. The van der Waals surface area contributed by atoms with Gasteiger partial charge in [-0.3, -0.25) is 18.9 Å². The Labute approximate surface area is 225 Å². The Hall–Kier alpha value is -3.37. The molecular formula is C27H29N5O3S2. The van der Waals surface area contributed by atoms with Gasteiger partial charge in [-0.2, -0.15) is 0 Å². The van der Waals surface area contributed by atoms with Gasteiger partial charge in [0.1, 0.15) is 21.5 Å². The summed E-state index contributed by atoms with van der Waals surface area (Å²) in [5.41, 5.74) is 1.81. The number of hydrogen-bond acceptors (Lipinski definition) is 8. The lowest BCUT2D eigenvalue weighted by molar-refractivity contribution is -0.123. The molecule has 37 heavy (non-hydrogen) atoms. The van der Waals surface area contributed by atoms with E-state index in [0.29, 0.717) is 39.3 Å². The largest absolute Gasteiger partial charge is 0.495 e. The normalized spacial score (nSPS) is 18.2. The van der Waals surface area contributed by atoms with E-state index in [2.05, 4.69) is 15.9 Å². The van der Waals surface area contributed by atoms with Crippen LogP contribution in [0.1, 0.15) is 25.8 Å². The van der Waals surface area contributed by atoms with Gasteiger partial charge in [0.2, 0.25) is 0 Å². The second-order valence-corrected chi connectivity index (χ2v) is 10.7. The van der Waals surface area contributed by atoms with Crippen LogP contribution in [0.4, 0.5) is 11.5 Å². The molecule has 2 fully saturated rings. The van der Waals surface area contributed by atoms with Gasteiger partial charge in [-0.15, -0.1) is 0 Å². The minimum Gasteiger partial charge on any atom is -0.495 e. The zero-order chi connectivity index (χ0) is 26.1. The van der Waals surface area contributed by atoms with E-state index < -0.39 is 0 Å². The van der Waals surface area contributed by atoms with Crippen molar-refractivity contribution in [1.82, 2.24) is 14.3 Å². The lowest BCUT2D eigenvalue weighted by Gasteiger charge is -2.37. The van der Waals surface area contributed by atoms with E-state index in [9.17, 15) is 9.59 Å². The van der Waals surface area contributed by atoms with Crippen LogP contribution >= 0.6 is 24.0 Å². The van der Waals surface area contributed by atoms with Crippen molar-refractivity contribution in [2.24, 2.45) is 0 Å². The molecule has 2 aliphatic heterocycles. The first-order valence-corrected chi connectivity index (χ1v) is 13.6. The van der Waals surface area contributed by atoms with E-state index in [-0.39, 0.29) is 17.5 Å². The fourth-order valence-corrected chi connectivity index (χ4v) is 6.13. The van der Waals surface area contributed by atoms with Gasteiger partial charge < -0.3 is 14.5 Å². The van der Waals surface area contributed by atoms with Crippen LogP contribution in [0, 0.1) is 0 Å². The molecular weight excluding hydrogens is 506 g/mol. The first-order chi connectivity index (χ1) is 17.9. The number of hydrogen-bond donors (Lipinski definition) is 0. The number of pyridine rings is 1. The number of amides is 1. The lowest BCUT2D eigenvalue weighted by atomic mass is 10.2. The molecule has 2 aromatic heterocycles. The summed E-state index contributed by atoms with van der Waals surface area (Å²) in [7, 11) is 1.68. The predicted octanol–water partition coefficient (Wildman–Crippen LogP) is 4.03. The van der Waals surface area contributed by atoms with Crippen LogP contribution in [0.5, 0.6) is 5.75 Å². The SMILES string of the molecule is CC[C@H](C)N1C(=O)/C(=C/c2c(N3CCN(c4ccccc4OC)CC3)nc3ccccn3c2=O)SC1=S. The van der Waals surface area contributed by atoms with Crippen LogP contribution in [0.2, 0.25) is 0 Å². The second kappa shape index (κ2) is 10.5. The van der Waals surface area contributed by atoms with E-state index in [1.807, 2.05) is 44.2 Å². The van der Waals surface area contributed by atoms with Gasteiger partial charge in [-0.25, -0.2) is 4.98 Å². The number of anilines is 2. The highest BCUT2D eigenvalue weighted by atomic mass is 32.2. The maximum Gasteiger partial charge on any atom is 0.267 e. The highest BCUT2D eigenvalue weighted by molar-refractivity contribution is 8.26. The average Bonchev–Trinajstić information content (AvgIpc) is 3.22. The van der Waals surface area contributed by atoms with Crippen molar-refractivity contribution in [3.8, 4) is 5.75 Å². The van der Waals surface area contributed by atoms with Gasteiger partial charge in [-0.1, -0.05) is 49.1 Å². The third-order valence-corrected chi connectivity index (χ3v) is 8.21. The van der Waals surface area contributed by atoms with Crippen molar-refractivity contribution in [2.45, 2.75) is 26.3 Å². The van der Waals surface area contributed by atoms with Gasteiger partial charge in [0.15, 0.2) is 0 Å². The van der Waals surface area contributed by atoms with E-state index in [0.717, 1.165) is 30.9 Å². The molecule has 8 nitrogen and oxygen atoms in total. The maximum absolute atomic E-state index is 13.7. The summed E-state index contributed by atoms with van der Waals surface area (Å²) in [6.45, 7) is 6.82. The number of carbonyl (C=O) groups excluding carboxylic acids is 1. The van der Waals surface area contributed by atoms with Crippen LogP contribution in [0.3, 0.4) is 0 Å². The van der Waals surface area contributed by atoms with E-state index >= 15 is 0 Å². The molecule has 1 amide bonds. The minimum absolute atomic E-state index is 0.00301. The maximum atomic E-state index is 13.7. The number of aromatic nitrogens is 2. The number of thioether (sulfide) groups is 1. The average molecular weight is 536 g/mol. The Kier molecular flexibility index (Phi) is 7.21. The predicted molar refractivity (Wildman–Crippen MR) is 154 cm³/mol. The van der Waals surface area contributed by atoms with Crippen molar-refractivity contribution >= 4 is 57.4 Å². The number of para-hydroxylation sites is 2. The zero-order valence-corrected chi connectivity index (χ0v) is 22.7. The molecule has 0 aliphatic carbocycles. The van der Waals surface area contributed by atoms with Crippen molar-refractivity contribution in [1.29, 1.82) is 0 Å². The smallest absolute Gasteiger partial charge is 0.267 e. The quantitative estimate of drug-likeness (QED) is 0.346. The third-order valence-electron chi connectivity index (χ3n) is 6.88. The number of fused-ring (bicyclic) bond motifs is 1. The number of carbonyl (C=O) groups is 1. The lowest BCUT2D eigenvalue weighted by Crippen LogP contribution is -2.47. The molecule has 0 saturated carbocycles. The van der Waals surface area contributed by atoms with E-state index in [1.54, 1.807) is 30.3 Å². The van der Waals surface area contributed by atoms with Crippen molar-refractivity contribution in [2.75, 3.05) is 43.1 Å². The summed E-state index contributed by atoms with van der Waals surface area (Å²) in [4.78, 5) is 38.3. The molecule has 0 radical (unpaired) electrons. The number of rotatable bonds is 6. The monoisotopic (exact) mass is 535 g/mol. The van der Waals surface area contributed by atoms with Crippen LogP contribution in [0.15, 0.2) is 58.4 Å². The molecule has 192 valence electrons. The van der Waals surface area contributed by atoms with E-state index in [4.69, 9.17) is 21.9 Å².